The van der Waals surface area contributed by atoms with E-state index in [-0.39, 0.29) is 17.8 Å². The standard InChI is InChI=1S/C26H25F4N3/c1-4-5-13-33-21-12-8-11-20(31-19-10-7-6-9-16(19)15(2)3)25(21)32-26(33)22-23(29)17(27)14-18(28)24(22)30/h6-12,14-15,31H,4-5,13H2,1-3H3. The van der Waals surface area contributed by atoms with Crippen molar-refractivity contribution in [1.29, 1.82) is 0 Å². The van der Waals surface area contributed by atoms with E-state index in [0.717, 1.165) is 17.7 Å². The first-order valence-corrected chi connectivity index (χ1v) is 11.0. The molecule has 3 aromatic carbocycles. The molecule has 0 saturated heterocycles. The predicted octanol–water partition coefficient (Wildman–Crippen LogP) is 7.93. The zero-order valence-corrected chi connectivity index (χ0v) is 18.7. The number of aromatic nitrogens is 2. The molecule has 0 fully saturated rings. The van der Waals surface area contributed by atoms with Crippen molar-refractivity contribution in [3.8, 4) is 11.4 Å². The highest BCUT2D eigenvalue weighted by molar-refractivity contribution is 5.93. The molecule has 0 atom stereocenters. The molecule has 0 radical (unpaired) electrons. The van der Waals surface area contributed by atoms with Crippen molar-refractivity contribution in [1.82, 2.24) is 9.55 Å². The third-order valence-corrected chi connectivity index (χ3v) is 5.70. The van der Waals surface area contributed by atoms with Crippen molar-refractivity contribution in [2.75, 3.05) is 5.32 Å². The molecule has 4 aromatic rings. The number of benzene rings is 3. The molecule has 0 aliphatic heterocycles. The number of aryl methyl sites for hydroxylation is 1. The molecule has 0 bridgehead atoms. The number of unbranched alkanes of at least 4 members (excludes halogenated alkanes) is 1. The van der Waals surface area contributed by atoms with Crippen LogP contribution in [-0.2, 0) is 6.54 Å². The second-order valence-corrected chi connectivity index (χ2v) is 8.32. The van der Waals surface area contributed by atoms with Crippen molar-refractivity contribution in [3.63, 3.8) is 0 Å². The van der Waals surface area contributed by atoms with E-state index in [1.807, 2.05) is 43.3 Å². The molecule has 33 heavy (non-hydrogen) atoms. The first-order chi connectivity index (χ1) is 15.8. The summed E-state index contributed by atoms with van der Waals surface area (Å²) in [6, 6.07) is 13.5. The van der Waals surface area contributed by atoms with Crippen molar-refractivity contribution in [3.05, 3.63) is 77.4 Å². The van der Waals surface area contributed by atoms with Gasteiger partial charge < -0.3 is 9.88 Å². The third-order valence-electron chi connectivity index (χ3n) is 5.70. The van der Waals surface area contributed by atoms with E-state index in [1.165, 1.54) is 0 Å². The fourth-order valence-corrected chi connectivity index (χ4v) is 4.01. The van der Waals surface area contributed by atoms with Crippen LogP contribution in [0, 0.1) is 23.3 Å². The second kappa shape index (κ2) is 9.25. The Morgan fingerprint density at radius 1 is 0.909 bits per heavy atom. The van der Waals surface area contributed by atoms with Crippen LogP contribution in [0.15, 0.2) is 48.5 Å². The van der Waals surface area contributed by atoms with E-state index in [9.17, 15) is 17.6 Å². The summed E-state index contributed by atoms with van der Waals surface area (Å²) in [5, 5.41) is 3.39. The summed E-state index contributed by atoms with van der Waals surface area (Å²) in [7, 11) is 0. The van der Waals surface area contributed by atoms with Crippen molar-refractivity contribution < 1.29 is 17.6 Å². The Balaban J connectivity index is 1.94. The normalized spacial score (nSPS) is 11.5. The van der Waals surface area contributed by atoms with Gasteiger partial charge in [-0.15, -0.1) is 0 Å². The first-order valence-electron chi connectivity index (χ1n) is 11.0. The van der Waals surface area contributed by atoms with Gasteiger partial charge in [-0.2, -0.15) is 0 Å². The number of imidazole rings is 1. The van der Waals surface area contributed by atoms with Gasteiger partial charge in [0.15, 0.2) is 23.3 Å². The zero-order valence-electron chi connectivity index (χ0n) is 18.7. The molecule has 0 aliphatic rings. The summed E-state index contributed by atoms with van der Waals surface area (Å²) in [4.78, 5) is 4.50. The molecule has 1 heterocycles. The summed E-state index contributed by atoms with van der Waals surface area (Å²) in [6.07, 6.45) is 1.52. The van der Waals surface area contributed by atoms with Crippen LogP contribution in [0.1, 0.15) is 45.1 Å². The number of hydrogen-bond donors (Lipinski definition) is 1. The topological polar surface area (TPSA) is 29.9 Å². The number of rotatable bonds is 7. The van der Waals surface area contributed by atoms with Crippen LogP contribution in [0.5, 0.6) is 0 Å². The van der Waals surface area contributed by atoms with Crippen LogP contribution in [0.2, 0.25) is 0 Å². The van der Waals surface area contributed by atoms with Crippen molar-refractivity contribution in [2.24, 2.45) is 0 Å². The van der Waals surface area contributed by atoms with E-state index < -0.39 is 28.8 Å². The maximum absolute atomic E-state index is 14.7. The van der Waals surface area contributed by atoms with Crippen molar-refractivity contribution >= 4 is 22.4 Å². The minimum Gasteiger partial charge on any atom is -0.353 e. The minimum absolute atomic E-state index is 0.141. The van der Waals surface area contributed by atoms with Gasteiger partial charge in [-0.1, -0.05) is 51.5 Å². The molecule has 7 heteroatoms. The lowest BCUT2D eigenvalue weighted by atomic mass is 10.0. The molecule has 3 nitrogen and oxygen atoms in total. The van der Waals surface area contributed by atoms with Crippen LogP contribution in [-0.4, -0.2) is 9.55 Å². The van der Waals surface area contributed by atoms with Gasteiger partial charge in [-0.3, -0.25) is 0 Å². The summed E-state index contributed by atoms with van der Waals surface area (Å²) < 4.78 is 59.0. The number of para-hydroxylation sites is 2. The summed E-state index contributed by atoms with van der Waals surface area (Å²) in [6.45, 7) is 6.55. The molecule has 0 saturated carbocycles. The van der Waals surface area contributed by atoms with Crippen LogP contribution >= 0.6 is 0 Å². The SMILES string of the molecule is CCCCn1c(-c2c(F)c(F)cc(F)c2F)nc2c(Nc3ccccc3C(C)C)cccc21. The van der Waals surface area contributed by atoms with E-state index in [1.54, 1.807) is 10.6 Å². The van der Waals surface area contributed by atoms with E-state index in [0.29, 0.717) is 29.7 Å². The number of nitrogens with one attached hydrogen (secondary N) is 1. The molecular weight excluding hydrogens is 430 g/mol. The maximum Gasteiger partial charge on any atom is 0.172 e. The Labute approximate surface area is 190 Å². The Kier molecular flexibility index (Phi) is 6.40. The summed E-state index contributed by atoms with van der Waals surface area (Å²) >= 11 is 0. The number of anilines is 2. The molecule has 1 aromatic heterocycles. The molecule has 0 amide bonds. The molecule has 0 spiro atoms. The highest BCUT2D eigenvalue weighted by Crippen LogP contribution is 2.36. The Hall–Kier alpha value is -3.35. The van der Waals surface area contributed by atoms with Gasteiger partial charge >= 0.3 is 0 Å². The lowest BCUT2D eigenvalue weighted by molar-refractivity contribution is 0.456. The number of fused-ring (bicyclic) bond motifs is 1. The first kappa shape index (κ1) is 22.8. The van der Waals surface area contributed by atoms with Crippen LogP contribution in [0.3, 0.4) is 0 Å². The van der Waals surface area contributed by atoms with Crippen LogP contribution < -0.4 is 5.32 Å². The van der Waals surface area contributed by atoms with Gasteiger partial charge in [0, 0.05) is 18.3 Å². The Morgan fingerprint density at radius 2 is 1.58 bits per heavy atom. The molecule has 0 aliphatic carbocycles. The highest BCUT2D eigenvalue weighted by atomic mass is 19.2. The smallest absolute Gasteiger partial charge is 0.172 e. The third kappa shape index (κ3) is 4.19. The molecule has 0 unspecified atom stereocenters. The zero-order chi connectivity index (χ0) is 23.7. The monoisotopic (exact) mass is 455 g/mol. The van der Waals surface area contributed by atoms with Gasteiger partial charge in [0.05, 0.1) is 16.8 Å². The average Bonchev–Trinajstić information content (AvgIpc) is 3.16. The lowest BCUT2D eigenvalue weighted by Crippen LogP contribution is -2.06. The van der Waals surface area contributed by atoms with Crippen LogP contribution in [0.4, 0.5) is 28.9 Å². The van der Waals surface area contributed by atoms with Gasteiger partial charge in [0.2, 0.25) is 0 Å². The average molecular weight is 455 g/mol. The predicted molar refractivity (Wildman–Crippen MR) is 124 cm³/mol. The fourth-order valence-electron chi connectivity index (χ4n) is 4.01. The summed E-state index contributed by atoms with van der Waals surface area (Å²) in [5.41, 5.74) is 2.91. The molecule has 172 valence electrons. The lowest BCUT2D eigenvalue weighted by Gasteiger charge is -2.15. The second-order valence-electron chi connectivity index (χ2n) is 8.32. The Morgan fingerprint density at radius 3 is 2.24 bits per heavy atom. The highest BCUT2D eigenvalue weighted by Gasteiger charge is 2.26. The van der Waals surface area contributed by atoms with Crippen molar-refractivity contribution in [2.45, 2.75) is 46.1 Å². The van der Waals surface area contributed by atoms with Gasteiger partial charge in [-0.05, 0) is 36.1 Å². The van der Waals surface area contributed by atoms with Crippen LogP contribution in [0.25, 0.3) is 22.4 Å². The maximum atomic E-state index is 14.7. The van der Waals surface area contributed by atoms with E-state index in [4.69, 9.17) is 0 Å². The molecule has 1 N–H and O–H groups in total. The number of nitrogens with zero attached hydrogens (tertiary/aromatic N) is 2. The minimum atomic E-state index is -1.46. The van der Waals surface area contributed by atoms with Gasteiger partial charge in [0.1, 0.15) is 11.3 Å². The number of halogens is 4. The van der Waals surface area contributed by atoms with E-state index in [2.05, 4.69) is 24.1 Å². The molecular formula is C26H25F4N3. The van der Waals surface area contributed by atoms with Gasteiger partial charge in [0.25, 0.3) is 0 Å². The number of hydrogen-bond acceptors (Lipinski definition) is 2. The fraction of sp³-hybridized carbons (Fsp3) is 0.269. The molecule has 4 rings (SSSR count). The van der Waals surface area contributed by atoms with E-state index >= 15 is 0 Å². The largest absolute Gasteiger partial charge is 0.353 e. The Bertz CT molecular complexity index is 1280. The van der Waals surface area contributed by atoms with Gasteiger partial charge in [-0.25, -0.2) is 22.5 Å². The quantitative estimate of drug-likeness (QED) is 0.227. The summed E-state index contributed by atoms with van der Waals surface area (Å²) in [5.74, 6) is -5.70.